The van der Waals surface area contributed by atoms with E-state index in [0.717, 1.165) is 47.2 Å². The van der Waals surface area contributed by atoms with E-state index < -0.39 is 0 Å². The molecule has 0 radical (unpaired) electrons. The molecule has 2 bridgehead atoms. The lowest BCUT2D eigenvalue weighted by Gasteiger charge is -2.67. The third-order valence-corrected chi connectivity index (χ3v) is 4.68. The van der Waals surface area contributed by atoms with E-state index in [1.807, 2.05) is 31.2 Å². The van der Waals surface area contributed by atoms with Gasteiger partial charge in [-0.1, -0.05) is 11.6 Å². The summed E-state index contributed by atoms with van der Waals surface area (Å²) in [5.41, 5.74) is 8.26. The monoisotopic (exact) mass is 274 g/mol. The van der Waals surface area contributed by atoms with Gasteiger partial charge in [-0.05, 0) is 50.5 Å². The van der Waals surface area contributed by atoms with Gasteiger partial charge in [0, 0.05) is 16.1 Å². The first kappa shape index (κ1) is 11.5. The molecule has 2 N–H and O–H groups in total. The van der Waals surface area contributed by atoms with Crippen LogP contribution in [0.1, 0.15) is 30.8 Å². The Morgan fingerprint density at radius 3 is 2.42 bits per heavy atom. The first-order chi connectivity index (χ1) is 9.00. The Labute approximate surface area is 116 Å². The fourth-order valence-corrected chi connectivity index (χ4v) is 3.71. The Hall–Kier alpha value is -1.32. The Morgan fingerprint density at radius 1 is 1.21 bits per heavy atom. The van der Waals surface area contributed by atoms with Crippen LogP contribution in [0.15, 0.2) is 28.7 Å². The highest BCUT2D eigenvalue weighted by Crippen LogP contribution is 2.66. The van der Waals surface area contributed by atoms with Crippen LogP contribution in [-0.2, 0) is 5.41 Å². The number of nitrogens with zero attached hydrogens (tertiary/aromatic N) is 1. The molecule has 3 fully saturated rings. The fourth-order valence-electron chi connectivity index (χ4n) is 3.59. The highest BCUT2D eigenvalue weighted by Gasteiger charge is 2.69. The molecule has 3 saturated carbocycles. The molecular formula is C15H15ClN2O. The lowest BCUT2D eigenvalue weighted by atomic mass is 9.40. The number of benzene rings is 1. The van der Waals surface area contributed by atoms with E-state index in [4.69, 9.17) is 21.8 Å². The molecule has 0 atom stereocenters. The van der Waals surface area contributed by atoms with Crippen LogP contribution < -0.4 is 5.73 Å². The molecule has 0 amide bonds. The SMILES string of the molecule is Cc1nc(C23CC(N)(C2)C3)oc1-c1ccc(Cl)cc1. The maximum Gasteiger partial charge on any atom is 0.201 e. The Kier molecular flexibility index (Phi) is 2.06. The highest BCUT2D eigenvalue weighted by molar-refractivity contribution is 6.30. The lowest BCUT2D eigenvalue weighted by Crippen LogP contribution is -2.74. The van der Waals surface area contributed by atoms with Gasteiger partial charge >= 0.3 is 0 Å². The molecule has 98 valence electrons. The number of rotatable bonds is 2. The number of halogens is 1. The summed E-state index contributed by atoms with van der Waals surface area (Å²) in [6.45, 7) is 1.99. The predicted molar refractivity (Wildman–Crippen MR) is 74.1 cm³/mol. The van der Waals surface area contributed by atoms with E-state index >= 15 is 0 Å². The molecule has 4 heteroatoms. The van der Waals surface area contributed by atoms with E-state index in [9.17, 15) is 0 Å². The molecule has 2 aromatic rings. The summed E-state index contributed by atoms with van der Waals surface area (Å²) in [5.74, 6) is 1.71. The molecule has 3 nitrogen and oxygen atoms in total. The van der Waals surface area contributed by atoms with Gasteiger partial charge in [0.2, 0.25) is 5.89 Å². The molecule has 1 heterocycles. The minimum atomic E-state index is 0.0722. The van der Waals surface area contributed by atoms with E-state index in [2.05, 4.69) is 4.98 Å². The van der Waals surface area contributed by atoms with Crippen LogP contribution in [0.2, 0.25) is 5.02 Å². The van der Waals surface area contributed by atoms with Gasteiger partial charge in [-0.2, -0.15) is 0 Å². The van der Waals surface area contributed by atoms with Crippen LogP contribution in [0.3, 0.4) is 0 Å². The maximum atomic E-state index is 6.10. The van der Waals surface area contributed by atoms with Gasteiger partial charge < -0.3 is 10.2 Å². The van der Waals surface area contributed by atoms with Crippen LogP contribution in [-0.4, -0.2) is 10.5 Å². The van der Waals surface area contributed by atoms with Gasteiger partial charge in [-0.15, -0.1) is 0 Å². The Bertz CT molecular complexity index is 640. The van der Waals surface area contributed by atoms with Gasteiger partial charge in [0.25, 0.3) is 0 Å². The first-order valence-corrected chi connectivity index (χ1v) is 6.90. The summed E-state index contributed by atoms with van der Waals surface area (Å²) < 4.78 is 6.02. The van der Waals surface area contributed by atoms with Gasteiger partial charge in [-0.25, -0.2) is 4.98 Å². The molecule has 0 saturated heterocycles. The number of oxazole rings is 1. The lowest BCUT2D eigenvalue weighted by molar-refractivity contribution is -0.0763. The number of aryl methyl sites for hydroxylation is 1. The van der Waals surface area contributed by atoms with Crippen molar-refractivity contribution in [2.24, 2.45) is 5.73 Å². The number of hydrogen-bond acceptors (Lipinski definition) is 3. The number of nitrogens with two attached hydrogens (primary N) is 1. The van der Waals surface area contributed by atoms with Crippen LogP contribution in [0, 0.1) is 6.92 Å². The van der Waals surface area contributed by atoms with Crippen LogP contribution in [0.5, 0.6) is 0 Å². The summed E-state index contributed by atoms with van der Waals surface area (Å²) in [4.78, 5) is 4.62. The minimum Gasteiger partial charge on any atom is -0.440 e. The average Bonchev–Trinajstić information content (AvgIpc) is 2.67. The van der Waals surface area contributed by atoms with Crippen molar-refractivity contribution in [3.8, 4) is 11.3 Å². The minimum absolute atomic E-state index is 0.0722. The molecular weight excluding hydrogens is 260 g/mol. The Balaban J connectivity index is 1.71. The van der Waals surface area contributed by atoms with Crippen molar-refractivity contribution in [3.63, 3.8) is 0 Å². The van der Waals surface area contributed by atoms with Crippen molar-refractivity contribution < 1.29 is 4.42 Å². The van der Waals surface area contributed by atoms with Crippen molar-refractivity contribution in [2.45, 2.75) is 37.1 Å². The zero-order valence-corrected chi connectivity index (χ0v) is 11.5. The second kappa shape index (κ2) is 3.41. The van der Waals surface area contributed by atoms with Gasteiger partial charge in [0.05, 0.1) is 11.1 Å². The quantitative estimate of drug-likeness (QED) is 0.913. The molecule has 0 unspecified atom stereocenters. The van der Waals surface area contributed by atoms with Gasteiger partial charge in [0.15, 0.2) is 5.76 Å². The molecule has 1 aromatic carbocycles. The fraction of sp³-hybridized carbons (Fsp3) is 0.400. The second-order valence-electron chi connectivity index (χ2n) is 6.11. The van der Waals surface area contributed by atoms with Crippen molar-refractivity contribution in [2.75, 3.05) is 0 Å². The standard InChI is InChI=1S/C15H15ClN2O/c1-9-12(10-2-4-11(16)5-3-10)19-13(18-9)14-6-15(17,7-14)8-14/h2-5H,6-8,17H2,1H3. The van der Waals surface area contributed by atoms with Crippen LogP contribution in [0.4, 0.5) is 0 Å². The van der Waals surface area contributed by atoms with Crippen molar-refractivity contribution >= 4 is 11.6 Å². The molecule has 0 aliphatic heterocycles. The molecule has 5 rings (SSSR count). The summed E-state index contributed by atoms with van der Waals surface area (Å²) in [7, 11) is 0. The van der Waals surface area contributed by atoms with Crippen LogP contribution >= 0.6 is 11.6 Å². The topological polar surface area (TPSA) is 52.0 Å². The van der Waals surface area contributed by atoms with Crippen molar-refractivity contribution in [3.05, 3.63) is 40.9 Å². The second-order valence-corrected chi connectivity index (χ2v) is 6.55. The smallest absolute Gasteiger partial charge is 0.201 e. The zero-order valence-electron chi connectivity index (χ0n) is 10.7. The number of aromatic nitrogens is 1. The predicted octanol–water partition coefficient (Wildman–Crippen LogP) is 3.44. The average molecular weight is 275 g/mol. The largest absolute Gasteiger partial charge is 0.440 e. The highest BCUT2D eigenvalue weighted by atomic mass is 35.5. The zero-order chi connectivity index (χ0) is 13.3. The summed E-state index contributed by atoms with van der Waals surface area (Å²) in [6.07, 6.45) is 3.04. The van der Waals surface area contributed by atoms with Crippen molar-refractivity contribution in [1.82, 2.24) is 4.98 Å². The third kappa shape index (κ3) is 1.52. The summed E-state index contributed by atoms with van der Waals surface area (Å²) >= 11 is 5.91. The van der Waals surface area contributed by atoms with E-state index in [1.54, 1.807) is 0 Å². The van der Waals surface area contributed by atoms with Crippen LogP contribution in [0.25, 0.3) is 11.3 Å². The van der Waals surface area contributed by atoms with E-state index in [0.29, 0.717) is 0 Å². The molecule has 3 aliphatic carbocycles. The van der Waals surface area contributed by atoms with Gasteiger partial charge in [-0.3, -0.25) is 0 Å². The molecule has 0 spiro atoms. The summed E-state index contributed by atoms with van der Waals surface area (Å²) in [6, 6.07) is 7.67. The van der Waals surface area contributed by atoms with Crippen molar-refractivity contribution in [1.29, 1.82) is 0 Å². The number of hydrogen-bond donors (Lipinski definition) is 1. The summed E-state index contributed by atoms with van der Waals surface area (Å²) in [5, 5.41) is 0.727. The molecule has 19 heavy (non-hydrogen) atoms. The van der Waals surface area contributed by atoms with E-state index in [-0.39, 0.29) is 11.0 Å². The van der Waals surface area contributed by atoms with Gasteiger partial charge in [0.1, 0.15) is 0 Å². The third-order valence-electron chi connectivity index (χ3n) is 4.43. The molecule has 1 aromatic heterocycles. The maximum absolute atomic E-state index is 6.10. The Morgan fingerprint density at radius 2 is 1.84 bits per heavy atom. The normalized spacial score (nSPS) is 31.7. The molecule has 3 aliphatic rings. The van der Waals surface area contributed by atoms with E-state index in [1.165, 1.54) is 0 Å². The first-order valence-electron chi connectivity index (χ1n) is 6.53.